The van der Waals surface area contributed by atoms with E-state index in [0.29, 0.717) is 5.75 Å². The van der Waals surface area contributed by atoms with Crippen LogP contribution in [0.4, 0.5) is 13.2 Å². The Bertz CT molecular complexity index is 390. The Morgan fingerprint density at radius 1 is 1.33 bits per heavy atom. The second-order valence-electron chi connectivity index (χ2n) is 3.61. The van der Waals surface area contributed by atoms with Crippen LogP contribution in [0, 0.1) is 0 Å². The summed E-state index contributed by atoms with van der Waals surface area (Å²) in [6.45, 7) is 0.143. The highest BCUT2D eigenvalue weighted by atomic mass is 19.4. The highest BCUT2D eigenvalue weighted by Gasteiger charge is 2.25. The summed E-state index contributed by atoms with van der Waals surface area (Å²) in [5.74, 6) is -0.807. The van der Waals surface area contributed by atoms with E-state index in [1.54, 1.807) is 0 Å². The summed E-state index contributed by atoms with van der Waals surface area (Å²) in [6, 6.07) is 2.69. The number of unbranched alkanes of at least 4 members (excludes halogenated alkanes) is 1. The maximum absolute atomic E-state index is 11.8. The van der Waals surface area contributed by atoms with Crippen molar-refractivity contribution in [2.24, 2.45) is 0 Å². The van der Waals surface area contributed by atoms with Gasteiger partial charge in [-0.05, 0) is 25.0 Å². The van der Waals surface area contributed by atoms with Crippen LogP contribution in [0.5, 0.6) is 5.75 Å². The second-order valence-corrected chi connectivity index (χ2v) is 3.61. The van der Waals surface area contributed by atoms with Gasteiger partial charge in [-0.25, -0.2) is 9.78 Å². The third kappa shape index (κ3) is 5.51. The number of aromatic nitrogens is 1. The fourth-order valence-corrected chi connectivity index (χ4v) is 1.21. The first-order valence-corrected chi connectivity index (χ1v) is 5.27. The molecule has 0 aliphatic carbocycles. The lowest BCUT2D eigenvalue weighted by molar-refractivity contribution is -0.135. The maximum Gasteiger partial charge on any atom is 0.389 e. The van der Waals surface area contributed by atoms with Crippen molar-refractivity contribution in [1.82, 2.24) is 4.98 Å². The van der Waals surface area contributed by atoms with Crippen LogP contribution in [0.25, 0.3) is 0 Å². The number of rotatable bonds is 6. The highest BCUT2D eigenvalue weighted by Crippen LogP contribution is 2.22. The van der Waals surface area contributed by atoms with Crippen molar-refractivity contribution in [3.63, 3.8) is 0 Å². The van der Waals surface area contributed by atoms with E-state index in [2.05, 4.69) is 4.98 Å². The number of nitrogens with zero attached hydrogens (tertiary/aromatic N) is 1. The normalized spacial score (nSPS) is 11.3. The van der Waals surface area contributed by atoms with E-state index >= 15 is 0 Å². The van der Waals surface area contributed by atoms with E-state index in [4.69, 9.17) is 9.84 Å². The number of carboxylic acids is 1. The molecular formula is C11H12F3NO3. The van der Waals surface area contributed by atoms with E-state index in [1.807, 2.05) is 0 Å². The van der Waals surface area contributed by atoms with E-state index in [9.17, 15) is 18.0 Å². The van der Waals surface area contributed by atoms with Crippen LogP contribution < -0.4 is 4.74 Å². The molecule has 1 N–H and O–H groups in total. The Kier molecular flexibility index (Phi) is 4.94. The topological polar surface area (TPSA) is 59.4 Å². The molecule has 0 saturated carbocycles. The van der Waals surface area contributed by atoms with E-state index in [0.717, 1.165) is 0 Å². The summed E-state index contributed by atoms with van der Waals surface area (Å²) in [6.07, 6.45) is -3.45. The van der Waals surface area contributed by atoms with Gasteiger partial charge in [-0.3, -0.25) is 0 Å². The van der Waals surface area contributed by atoms with Gasteiger partial charge in [0.2, 0.25) is 0 Å². The van der Waals surface area contributed by atoms with Gasteiger partial charge in [-0.2, -0.15) is 13.2 Å². The third-order valence-corrected chi connectivity index (χ3v) is 2.08. The summed E-state index contributed by atoms with van der Waals surface area (Å²) in [7, 11) is 0. The average molecular weight is 263 g/mol. The first-order chi connectivity index (χ1) is 8.38. The standard InChI is InChI=1S/C11H12F3NO3/c12-11(13,14)5-1-2-6-18-8-3-4-9(10(16)17)15-7-8/h3-4,7H,1-2,5-6H2,(H,16,17). The molecule has 0 atom stereocenters. The van der Waals surface area contributed by atoms with Crippen LogP contribution in [0.2, 0.25) is 0 Å². The number of alkyl halides is 3. The van der Waals surface area contributed by atoms with Crippen LogP contribution in [0.1, 0.15) is 29.8 Å². The Morgan fingerprint density at radius 2 is 2.06 bits per heavy atom. The molecule has 0 aliphatic heterocycles. The molecule has 1 rings (SSSR count). The molecule has 1 aromatic rings. The molecule has 0 amide bonds. The number of carbonyl (C=O) groups is 1. The number of carboxylic acid groups (broad SMARTS) is 1. The van der Waals surface area contributed by atoms with Gasteiger partial charge in [0.1, 0.15) is 11.4 Å². The second kappa shape index (κ2) is 6.23. The van der Waals surface area contributed by atoms with Gasteiger partial charge in [0.25, 0.3) is 0 Å². The lowest BCUT2D eigenvalue weighted by Crippen LogP contribution is -2.08. The minimum atomic E-state index is -4.13. The largest absolute Gasteiger partial charge is 0.492 e. The van der Waals surface area contributed by atoms with E-state index < -0.39 is 18.6 Å². The molecular weight excluding hydrogens is 251 g/mol. The Hall–Kier alpha value is -1.79. The fourth-order valence-electron chi connectivity index (χ4n) is 1.21. The summed E-state index contributed by atoms with van der Waals surface area (Å²) in [5, 5.41) is 8.59. The van der Waals surface area contributed by atoms with E-state index in [-0.39, 0.29) is 25.1 Å². The molecule has 0 aromatic carbocycles. The molecule has 7 heteroatoms. The first kappa shape index (κ1) is 14.3. The number of ether oxygens (including phenoxy) is 1. The Morgan fingerprint density at radius 3 is 2.56 bits per heavy atom. The van der Waals surface area contributed by atoms with Gasteiger partial charge < -0.3 is 9.84 Å². The first-order valence-electron chi connectivity index (χ1n) is 5.27. The molecule has 4 nitrogen and oxygen atoms in total. The predicted octanol–water partition coefficient (Wildman–Crippen LogP) is 2.89. The van der Waals surface area contributed by atoms with Crippen molar-refractivity contribution in [3.8, 4) is 5.75 Å². The molecule has 100 valence electrons. The molecule has 0 fully saturated rings. The number of aromatic carboxylic acids is 1. The van der Waals surface area contributed by atoms with Crippen molar-refractivity contribution in [2.75, 3.05) is 6.61 Å². The third-order valence-electron chi connectivity index (χ3n) is 2.08. The average Bonchev–Trinajstić information content (AvgIpc) is 2.27. The van der Waals surface area contributed by atoms with Crippen molar-refractivity contribution >= 4 is 5.97 Å². The highest BCUT2D eigenvalue weighted by molar-refractivity contribution is 5.85. The monoisotopic (exact) mass is 263 g/mol. The zero-order valence-corrected chi connectivity index (χ0v) is 9.41. The molecule has 0 aliphatic rings. The summed E-state index contributed by atoms with van der Waals surface area (Å²) in [5.41, 5.74) is -0.112. The molecule has 18 heavy (non-hydrogen) atoms. The molecule has 0 radical (unpaired) electrons. The zero-order chi connectivity index (χ0) is 13.6. The van der Waals surface area contributed by atoms with Crippen molar-refractivity contribution in [3.05, 3.63) is 24.0 Å². The number of pyridine rings is 1. The van der Waals surface area contributed by atoms with E-state index in [1.165, 1.54) is 18.3 Å². The molecule has 0 bridgehead atoms. The van der Waals surface area contributed by atoms with Crippen LogP contribution >= 0.6 is 0 Å². The summed E-state index contributed by atoms with van der Waals surface area (Å²) >= 11 is 0. The SMILES string of the molecule is O=C(O)c1ccc(OCCCCC(F)(F)F)cn1. The lowest BCUT2D eigenvalue weighted by Gasteiger charge is -2.07. The molecule has 0 unspecified atom stereocenters. The number of halogens is 3. The predicted molar refractivity (Wildman–Crippen MR) is 56.6 cm³/mol. The zero-order valence-electron chi connectivity index (χ0n) is 9.41. The van der Waals surface area contributed by atoms with Gasteiger partial charge in [-0.1, -0.05) is 0 Å². The van der Waals surface area contributed by atoms with Crippen LogP contribution in [0.15, 0.2) is 18.3 Å². The summed E-state index contributed by atoms with van der Waals surface area (Å²) < 4.78 is 40.6. The van der Waals surface area contributed by atoms with Crippen molar-refractivity contribution < 1.29 is 27.8 Å². The molecule has 1 aromatic heterocycles. The fraction of sp³-hybridized carbons (Fsp3) is 0.455. The van der Waals surface area contributed by atoms with Crippen molar-refractivity contribution in [1.29, 1.82) is 0 Å². The van der Waals surface area contributed by atoms with Gasteiger partial charge in [0, 0.05) is 6.42 Å². The number of hydrogen-bond donors (Lipinski definition) is 1. The summed E-state index contributed by atoms with van der Waals surface area (Å²) in [4.78, 5) is 14.1. The minimum absolute atomic E-state index is 0.00411. The van der Waals surface area contributed by atoms with Gasteiger partial charge in [0.05, 0.1) is 12.8 Å². The Labute approximate surface area is 101 Å². The molecule has 1 heterocycles. The van der Waals surface area contributed by atoms with Crippen LogP contribution in [-0.2, 0) is 0 Å². The van der Waals surface area contributed by atoms with Crippen LogP contribution in [0.3, 0.4) is 0 Å². The minimum Gasteiger partial charge on any atom is -0.492 e. The Balaban J connectivity index is 2.25. The molecule has 0 spiro atoms. The van der Waals surface area contributed by atoms with Crippen LogP contribution in [-0.4, -0.2) is 28.8 Å². The van der Waals surface area contributed by atoms with Gasteiger partial charge in [0.15, 0.2) is 0 Å². The quantitative estimate of drug-likeness (QED) is 0.802. The van der Waals surface area contributed by atoms with Gasteiger partial charge >= 0.3 is 12.1 Å². The van der Waals surface area contributed by atoms with Crippen molar-refractivity contribution in [2.45, 2.75) is 25.4 Å². The molecule has 0 saturated heterocycles. The lowest BCUT2D eigenvalue weighted by atomic mass is 10.2. The maximum atomic E-state index is 11.8. The van der Waals surface area contributed by atoms with Gasteiger partial charge in [-0.15, -0.1) is 0 Å². The number of hydrogen-bond acceptors (Lipinski definition) is 3. The smallest absolute Gasteiger partial charge is 0.389 e.